The van der Waals surface area contributed by atoms with Crippen molar-refractivity contribution in [3.8, 4) is 5.75 Å². The molecule has 0 saturated carbocycles. The summed E-state index contributed by atoms with van der Waals surface area (Å²) in [5, 5.41) is 2.91. The van der Waals surface area contributed by atoms with Crippen molar-refractivity contribution >= 4 is 5.91 Å². The molecular weight excluding hydrogens is 266 g/mol. The SMILES string of the molecule is CC(C)Oc1cccc(C(=O)NCCCc2ncc[nH]2)c1. The van der Waals surface area contributed by atoms with Gasteiger partial charge in [-0.25, -0.2) is 4.98 Å². The fourth-order valence-corrected chi connectivity index (χ4v) is 1.98. The second-order valence-corrected chi connectivity index (χ2v) is 5.09. The molecule has 2 rings (SSSR count). The third kappa shape index (κ3) is 4.95. The highest BCUT2D eigenvalue weighted by molar-refractivity contribution is 5.94. The minimum Gasteiger partial charge on any atom is -0.491 e. The van der Waals surface area contributed by atoms with Crippen LogP contribution in [0.15, 0.2) is 36.7 Å². The molecule has 1 amide bonds. The van der Waals surface area contributed by atoms with Gasteiger partial charge in [0.05, 0.1) is 6.10 Å². The molecule has 0 bridgehead atoms. The number of hydrogen-bond donors (Lipinski definition) is 2. The third-order valence-corrected chi connectivity index (χ3v) is 2.90. The first-order valence-electron chi connectivity index (χ1n) is 7.18. The van der Waals surface area contributed by atoms with Gasteiger partial charge >= 0.3 is 0 Å². The Labute approximate surface area is 124 Å². The van der Waals surface area contributed by atoms with E-state index in [9.17, 15) is 4.79 Å². The van der Waals surface area contributed by atoms with E-state index in [1.807, 2.05) is 26.0 Å². The minimum absolute atomic E-state index is 0.0800. The molecule has 21 heavy (non-hydrogen) atoms. The molecular formula is C16H21N3O2. The number of hydrogen-bond acceptors (Lipinski definition) is 3. The van der Waals surface area contributed by atoms with Gasteiger partial charge in [0.1, 0.15) is 11.6 Å². The van der Waals surface area contributed by atoms with Gasteiger partial charge in [-0.2, -0.15) is 0 Å². The number of imidazole rings is 1. The Hall–Kier alpha value is -2.30. The van der Waals surface area contributed by atoms with Gasteiger partial charge in [0.2, 0.25) is 0 Å². The van der Waals surface area contributed by atoms with Gasteiger partial charge in [-0.15, -0.1) is 0 Å². The Bertz CT molecular complexity index is 565. The predicted octanol–water partition coefficient (Wildman–Crippen LogP) is 2.56. The van der Waals surface area contributed by atoms with Gasteiger partial charge in [-0.05, 0) is 38.5 Å². The number of aryl methyl sites for hydroxylation is 1. The van der Waals surface area contributed by atoms with Crippen LogP contribution in [0, 0.1) is 0 Å². The smallest absolute Gasteiger partial charge is 0.251 e. The van der Waals surface area contributed by atoms with Gasteiger partial charge in [-0.1, -0.05) is 6.07 Å². The first-order valence-corrected chi connectivity index (χ1v) is 7.18. The monoisotopic (exact) mass is 287 g/mol. The fraction of sp³-hybridized carbons (Fsp3) is 0.375. The summed E-state index contributed by atoms with van der Waals surface area (Å²) in [4.78, 5) is 19.2. The molecule has 1 aromatic heterocycles. The molecule has 5 heteroatoms. The van der Waals surface area contributed by atoms with E-state index in [0.717, 1.165) is 18.7 Å². The number of benzene rings is 1. The Morgan fingerprint density at radius 1 is 1.43 bits per heavy atom. The van der Waals surface area contributed by atoms with Gasteiger partial charge in [0, 0.05) is 30.9 Å². The molecule has 0 unspecified atom stereocenters. The van der Waals surface area contributed by atoms with Crippen molar-refractivity contribution in [1.29, 1.82) is 0 Å². The van der Waals surface area contributed by atoms with Gasteiger partial charge in [-0.3, -0.25) is 4.79 Å². The Morgan fingerprint density at radius 3 is 3.00 bits per heavy atom. The highest BCUT2D eigenvalue weighted by Crippen LogP contribution is 2.14. The van der Waals surface area contributed by atoms with E-state index in [-0.39, 0.29) is 12.0 Å². The highest BCUT2D eigenvalue weighted by atomic mass is 16.5. The first-order chi connectivity index (χ1) is 10.1. The van der Waals surface area contributed by atoms with Gasteiger partial charge < -0.3 is 15.0 Å². The van der Waals surface area contributed by atoms with Crippen LogP contribution >= 0.6 is 0 Å². The second-order valence-electron chi connectivity index (χ2n) is 5.09. The summed E-state index contributed by atoms with van der Waals surface area (Å²) in [6.45, 7) is 4.54. The number of aromatic nitrogens is 2. The van der Waals surface area contributed by atoms with Crippen molar-refractivity contribution in [2.24, 2.45) is 0 Å². The van der Waals surface area contributed by atoms with E-state index in [1.54, 1.807) is 24.5 Å². The molecule has 0 radical (unpaired) electrons. The number of amides is 1. The van der Waals surface area contributed by atoms with Crippen LogP contribution in [0.5, 0.6) is 5.75 Å². The van der Waals surface area contributed by atoms with E-state index in [0.29, 0.717) is 17.9 Å². The average molecular weight is 287 g/mol. The van der Waals surface area contributed by atoms with E-state index in [2.05, 4.69) is 15.3 Å². The highest BCUT2D eigenvalue weighted by Gasteiger charge is 2.07. The normalized spacial score (nSPS) is 10.6. The molecule has 2 N–H and O–H groups in total. The molecule has 112 valence electrons. The van der Waals surface area contributed by atoms with Crippen molar-refractivity contribution in [2.75, 3.05) is 6.54 Å². The van der Waals surface area contributed by atoms with Crippen LogP contribution in [-0.4, -0.2) is 28.5 Å². The van der Waals surface area contributed by atoms with Crippen molar-refractivity contribution < 1.29 is 9.53 Å². The molecule has 1 aromatic carbocycles. The molecule has 2 aromatic rings. The van der Waals surface area contributed by atoms with Gasteiger partial charge in [0.25, 0.3) is 5.91 Å². The maximum atomic E-state index is 12.1. The average Bonchev–Trinajstić information content (AvgIpc) is 2.96. The Kier molecular flexibility index (Phi) is 5.37. The summed E-state index contributed by atoms with van der Waals surface area (Å²) in [6.07, 6.45) is 5.30. The van der Waals surface area contributed by atoms with Gasteiger partial charge in [0.15, 0.2) is 0 Å². The maximum absolute atomic E-state index is 12.1. The number of carbonyl (C=O) groups excluding carboxylic acids is 1. The van der Waals surface area contributed by atoms with Crippen LogP contribution in [-0.2, 0) is 6.42 Å². The summed E-state index contributed by atoms with van der Waals surface area (Å²) in [7, 11) is 0. The zero-order valence-corrected chi connectivity index (χ0v) is 12.4. The van der Waals surface area contributed by atoms with E-state index >= 15 is 0 Å². The lowest BCUT2D eigenvalue weighted by atomic mass is 10.2. The number of nitrogens with one attached hydrogen (secondary N) is 2. The lowest BCUT2D eigenvalue weighted by molar-refractivity contribution is 0.0952. The lowest BCUT2D eigenvalue weighted by Crippen LogP contribution is -2.24. The molecule has 0 fully saturated rings. The summed E-state index contributed by atoms with van der Waals surface area (Å²) < 4.78 is 5.59. The summed E-state index contributed by atoms with van der Waals surface area (Å²) in [5.74, 6) is 1.58. The van der Waals surface area contributed by atoms with Crippen molar-refractivity contribution in [3.05, 3.63) is 48.0 Å². The zero-order chi connectivity index (χ0) is 15.1. The van der Waals surface area contributed by atoms with Crippen LogP contribution < -0.4 is 10.1 Å². The summed E-state index contributed by atoms with van der Waals surface area (Å²) >= 11 is 0. The van der Waals surface area contributed by atoms with E-state index in [1.165, 1.54) is 0 Å². The summed E-state index contributed by atoms with van der Waals surface area (Å²) in [6, 6.07) is 7.24. The number of nitrogens with zero attached hydrogens (tertiary/aromatic N) is 1. The number of H-pyrrole nitrogens is 1. The second kappa shape index (κ2) is 7.47. The number of ether oxygens (including phenoxy) is 1. The molecule has 0 atom stereocenters. The van der Waals surface area contributed by atoms with Crippen LogP contribution in [0.2, 0.25) is 0 Å². The van der Waals surface area contributed by atoms with Crippen LogP contribution in [0.3, 0.4) is 0 Å². The predicted molar refractivity (Wildman–Crippen MR) is 81.4 cm³/mol. The van der Waals surface area contributed by atoms with E-state index < -0.39 is 0 Å². The number of rotatable bonds is 7. The third-order valence-electron chi connectivity index (χ3n) is 2.90. The van der Waals surface area contributed by atoms with Crippen LogP contribution in [0.25, 0.3) is 0 Å². The van der Waals surface area contributed by atoms with Crippen LogP contribution in [0.4, 0.5) is 0 Å². The van der Waals surface area contributed by atoms with Crippen molar-refractivity contribution in [1.82, 2.24) is 15.3 Å². The standard InChI is InChI=1S/C16H21N3O2/c1-12(2)21-14-6-3-5-13(11-14)16(20)19-8-4-7-15-17-9-10-18-15/h3,5-6,9-12H,4,7-8H2,1-2H3,(H,17,18)(H,19,20). The summed E-state index contributed by atoms with van der Waals surface area (Å²) in [5.41, 5.74) is 0.617. The van der Waals surface area contributed by atoms with Crippen molar-refractivity contribution in [3.63, 3.8) is 0 Å². The number of carbonyl (C=O) groups is 1. The molecule has 1 heterocycles. The maximum Gasteiger partial charge on any atom is 0.251 e. The largest absolute Gasteiger partial charge is 0.491 e. The topological polar surface area (TPSA) is 67.0 Å². The Balaban J connectivity index is 1.79. The molecule has 0 aliphatic carbocycles. The number of aromatic amines is 1. The first kappa shape index (κ1) is 15.1. The zero-order valence-electron chi connectivity index (χ0n) is 12.4. The molecule has 5 nitrogen and oxygen atoms in total. The van der Waals surface area contributed by atoms with E-state index in [4.69, 9.17) is 4.74 Å². The molecule has 0 saturated heterocycles. The molecule has 0 aliphatic rings. The molecule has 0 spiro atoms. The minimum atomic E-state index is -0.0800. The van der Waals surface area contributed by atoms with Crippen molar-refractivity contribution in [2.45, 2.75) is 32.8 Å². The fourth-order valence-electron chi connectivity index (χ4n) is 1.98. The quantitative estimate of drug-likeness (QED) is 0.769. The molecule has 0 aliphatic heterocycles. The lowest BCUT2D eigenvalue weighted by Gasteiger charge is -2.11. The Morgan fingerprint density at radius 2 is 2.29 bits per heavy atom. The van der Waals surface area contributed by atoms with Crippen LogP contribution in [0.1, 0.15) is 36.5 Å².